The van der Waals surface area contributed by atoms with E-state index in [2.05, 4.69) is 67.3 Å². The molecule has 0 aliphatic carbocycles. The standard InChI is InChI=1S/C26H30N4O2S/c1-6-31-21-12-10-19(11-13-21)23-22(18(5)30(15-16(2)3)26(33)27-23)25-28-24(29-32-25)20-9-7-8-17(4)14-20/h7-14,16,23H,6,15H2,1-5H3,(H,27,33). The molecule has 0 saturated carbocycles. The van der Waals surface area contributed by atoms with Crippen molar-refractivity contribution in [3.05, 3.63) is 71.2 Å². The van der Waals surface area contributed by atoms with Gasteiger partial charge in [-0.05, 0) is 62.7 Å². The van der Waals surface area contributed by atoms with Crippen LogP contribution in [0.3, 0.4) is 0 Å². The minimum Gasteiger partial charge on any atom is -0.494 e. The molecule has 172 valence electrons. The third-order valence-corrected chi connectivity index (χ3v) is 5.94. The number of aromatic nitrogens is 2. The van der Waals surface area contributed by atoms with Crippen LogP contribution < -0.4 is 10.1 Å². The summed E-state index contributed by atoms with van der Waals surface area (Å²) in [5.41, 5.74) is 5.08. The number of ether oxygens (including phenoxy) is 1. The molecule has 1 aliphatic rings. The Hall–Kier alpha value is -3.19. The summed E-state index contributed by atoms with van der Waals surface area (Å²) in [5, 5.41) is 8.49. The molecule has 1 unspecified atom stereocenters. The van der Waals surface area contributed by atoms with Crippen molar-refractivity contribution in [3.63, 3.8) is 0 Å². The smallest absolute Gasteiger partial charge is 0.258 e. The van der Waals surface area contributed by atoms with Gasteiger partial charge < -0.3 is 19.5 Å². The summed E-state index contributed by atoms with van der Waals surface area (Å²) >= 11 is 5.76. The third kappa shape index (κ3) is 4.93. The molecule has 0 bridgehead atoms. The number of nitrogens with one attached hydrogen (secondary N) is 1. The maximum Gasteiger partial charge on any atom is 0.258 e. The lowest BCUT2D eigenvalue weighted by Crippen LogP contribution is -2.47. The second-order valence-corrected chi connectivity index (χ2v) is 9.07. The molecule has 7 heteroatoms. The minimum absolute atomic E-state index is 0.206. The molecule has 1 atom stereocenters. The quantitative estimate of drug-likeness (QED) is 0.448. The van der Waals surface area contributed by atoms with E-state index in [1.54, 1.807) is 0 Å². The van der Waals surface area contributed by atoms with E-state index in [4.69, 9.17) is 26.5 Å². The van der Waals surface area contributed by atoms with Crippen LogP contribution in [0.5, 0.6) is 5.75 Å². The van der Waals surface area contributed by atoms with E-state index in [9.17, 15) is 0 Å². The SMILES string of the molecule is CCOc1ccc(C2NC(=S)N(CC(C)C)C(C)=C2c2nc(-c3cccc(C)c3)no2)cc1. The molecular weight excluding hydrogens is 432 g/mol. The number of thiocarbonyl (C=S) groups is 1. The van der Waals surface area contributed by atoms with E-state index in [1.165, 1.54) is 0 Å². The summed E-state index contributed by atoms with van der Waals surface area (Å²) in [6.45, 7) is 11.9. The van der Waals surface area contributed by atoms with Crippen LogP contribution in [0.25, 0.3) is 17.0 Å². The van der Waals surface area contributed by atoms with Gasteiger partial charge in [-0.2, -0.15) is 4.98 Å². The number of hydrogen-bond acceptors (Lipinski definition) is 5. The highest BCUT2D eigenvalue weighted by Gasteiger charge is 2.34. The van der Waals surface area contributed by atoms with Gasteiger partial charge in [-0.1, -0.05) is 54.9 Å². The van der Waals surface area contributed by atoms with E-state index in [1.807, 2.05) is 31.2 Å². The Bertz CT molecular complexity index is 1170. The Kier molecular flexibility index (Phi) is 6.79. The van der Waals surface area contributed by atoms with Crippen LogP contribution in [-0.2, 0) is 0 Å². The summed E-state index contributed by atoms with van der Waals surface area (Å²) in [7, 11) is 0. The molecule has 0 spiro atoms. The number of hydrogen-bond donors (Lipinski definition) is 1. The highest BCUT2D eigenvalue weighted by molar-refractivity contribution is 7.80. The second kappa shape index (κ2) is 9.75. The van der Waals surface area contributed by atoms with Crippen molar-refractivity contribution in [2.75, 3.05) is 13.2 Å². The summed E-state index contributed by atoms with van der Waals surface area (Å²) in [6.07, 6.45) is 0. The molecule has 2 heterocycles. The van der Waals surface area contributed by atoms with Gasteiger partial charge >= 0.3 is 0 Å². The number of rotatable bonds is 7. The van der Waals surface area contributed by atoms with Gasteiger partial charge in [0.25, 0.3) is 5.89 Å². The Labute approximate surface area is 200 Å². The van der Waals surface area contributed by atoms with Gasteiger partial charge in [0.2, 0.25) is 5.82 Å². The lowest BCUT2D eigenvalue weighted by atomic mass is 9.94. The Morgan fingerprint density at radius 1 is 1.15 bits per heavy atom. The van der Waals surface area contributed by atoms with Crippen LogP contribution in [0.4, 0.5) is 0 Å². The zero-order valence-electron chi connectivity index (χ0n) is 19.8. The molecule has 33 heavy (non-hydrogen) atoms. The van der Waals surface area contributed by atoms with Crippen LogP contribution >= 0.6 is 12.2 Å². The van der Waals surface area contributed by atoms with Crippen LogP contribution in [0.1, 0.15) is 50.8 Å². The molecular formula is C26H30N4O2S. The van der Waals surface area contributed by atoms with E-state index in [0.29, 0.717) is 29.4 Å². The summed E-state index contributed by atoms with van der Waals surface area (Å²) in [5.74, 6) is 2.34. The molecule has 4 rings (SSSR count). The Morgan fingerprint density at radius 3 is 2.58 bits per heavy atom. The van der Waals surface area contributed by atoms with Crippen LogP contribution in [0, 0.1) is 12.8 Å². The fourth-order valence-electron chi connectivity index (χ4n) is 4.05. The van der Waals surface area contributed by atoms with Gasteiger partial charge in [-0.3, -0.25) is 0 Å². The fraction of sp³-hybridized carbons (Fsp3) is 0.346. The Morgan fingerprint density at radius 2 is 1.91 bits per heavy atom. The van der Waals surface area contributed by atoms with Crippen LogP contribution in [-0.4, -0.2) is 33.3 Å². The van der Waals surface area contributed by atoms with Crippen molar-refractivity contribution in [3.8, 4) is 17.1 Å². The first kappa shape index (κ1) is 23.0. The lowest BCUT2D eigenvalue weighted by Gasteiger charge is -2.38. The fourth-order valence-corrected chi connectivity index (χ4v) is 4.38. The van der Waals surface area contributed by atoms with Gasteiger partial charge in [-0.15, -0.1) is 0 Å². The molecule has 0 saturated heterocycles. The van der Waals surface area contributed by atoms with E-state index < -0.39 is 0 Å². The minimum atomic E-state index is -0.206. The zero-order chi connectivity index (χ0) is 23.5. The molecule has 0 radical (unpaired) electrons. The second-order valence-electron chi connectivity index (χ2n) is 8.68. The van der Waals surface area contributed by atoms with Crippen LogP contribution in [0.2, 0.25) is 0 Å². The maximum absolute atomic E-state index is 5.82. The van der Waals surface area contributed by atoms with E-state index in [0.717, 1.165) is 40.3 Å². The van der Waals surface area contributed by atoms with Gasteiger partial charge in [0.1, 0.15) is 5.75 Å². The topological polar surface area (TPSA) is 63.4 Å². The first-order chi connectivity index (χ1) is 15.9. The van der Waals surface area contributed by atoms with Crippen molar-refractivity contribution >= 4 is 22.9 Å². The first-order valence-electron chi connectivity index (χ1n) is 11.3. The normalized spacial score (nSPS) is 16.4. The number of nitrogens with zero attached hydrogens (tertiary/aromatic N) is 3. The van der Waals surface area contributed by atoms with Gasteiger partial charge in [0.05, 0.1) is 18.2 Å². The summed E-state index contributed by atoms with van der Waals surface area (Å²) in [4.78, 5) is 6.91. The maximum atomic E-state index is 5.82. The highest BCUT2D eigenvalue weighted by atomic mass is 32.1. The molecule has 6 nitrogen and oxygen atoms in total. The molecule has 1 aliphatic heterocycles. The Balaban J connectivity index is 1.78. The molecule has 0 fully saturated rings. The van der Waals surface area contributed by atoms with Crippen molar-refractivity contribution in [2.45, 2.75) is 40.7 Å². The average molecular weight is 463 g/mol. The van der Waals surface area contributed by atoms with Crippen molar-refractivity contribution in [1.82, 2.24) is 20.4 Å². The van der Waals surface area contributed by atoms with Crippen molar-refractivity contribution < 1.29 is 9.26 Å². The van der Waals surface area contributed by atoms with Gasteiger partial charge in [-0.25, -0.2) is 0 Å². The van der Waals surface area contributed by atoms with Gasteiger partial charge in [0.15, 0.2) is 5.11 Å². The number of benzene rings is 2. The van der Waals surface area contributed by atoms with Crippen molar-refractivity contribution in [1.29, 1.82) is 0 Å². The summed E-state index contributed by atoms with van der Waals surface area (Å²) in [6, 6.07) is 15.9. The monoisotopic (exact) mass is 462 g/mol. The molecule has 2 aromatic carbocycles. The van der Waals surface area contributed by atoms with Gasteiger partial charge in [0, 0.05) is 17.8 Å². The highest BCUT2D eigenvalue weighted by Crippen LogP contribution is 2.38. The third-order valence-electron chi connectivity index (χ3n) is 5.60. The predicted octanol–water partition coefficient (Wildman–Crippen LogP) is 5.76. The van der Waals surface area contributed by atoms with E-state index in [-0.39, 0.29) is 6.04 Å². The zero-order valence-corrected chi connectivity index (χ0v) is 20.6. The number of allylic oxidation sites excluding steroid dienone is 1. The van der Waals surface area contributed by atoms with Crippen molar-refractivity contribution in [2.24, 2.45) is 5.92 Å². The molecule has 3 aromatic rings. The number of aryl methyl sites for hydroxylation is 1. The molecule has 1 aromatic heterocycles. The predicted molar refractivity (Wildman–Crippen MR) is 135 cm³/mol. The molecule has 0 amide bonds. The van der Waals surface area contributed by atoms with Crippen LogP contribution in [0.15, 0.2) is 58.8 Å². The van der Waals surface area contributed by atoms with E-state index >= 15 is 0 Å². The summed E-state index contributed by atoms with van der Waals surface area (Å²) < 4.78 is 11.4. The molecule has 1 N–H and O–H groups in total. The first-order valence-corrected chi connectivity index (χ1v) is 11.7. The average Bonchev–Trinajstić information content (AvgIpc) is 3.27. The largest absolute Gasteiger partial charge is 0.494 e. The lowest BCUT2D eigenvalue weighted by molar-refractivity contribution is 0.340.